The van der Waals surface area contributed by atoms with Crippen LogP contribution in [0.25, 0.3) is 0 Å². The highest BCUT2D eigenvalue weighted by Crippen LogP contribution is 2.21. The van der Waals surface area contributed by atoms with Crippen molar-refractivity contribution in [1.82, 2.24) is 5.32 Å². The molecule has 0 radical (unpaired) electrons. The first-order valence-electron chi connectivity index (χ1n) is 6.84. The van der Waals surface area contributed by atoms with E-state index in [0.29, 0.717) is 5.75 Å². The molecule has 1 rings (SSSR count). The minimum absolute atomic E-state index is 0.204. The number of nitrogens with one attached hydrogen (secondary N) is 1. The SMILES string of the molecule is Cc1cccc(OCC(=O)NC(C(=O)O)C(C)(C)C)c1C. The third-order valence-corrected chi connectivity index (χ3v) is 3.33. The van der Waals surface area contributed by atoms with Crippen molar-refractivity contribution in [2.45, 2.75) is 40.7 Å². The highest BCUT2D eigenvalue weighted by atomic mass is 16.5. The van der Waals surface area contributed by atoms with Gasteiger partial charge < -0.3 is 15.2 Å². The zero-order valence-electron chi connectivity index (χ0n) is 13.2. The number of ether oxygens (including phenoxy) is 1. The van der Waals surface area contributed by atoms with Gasteiger partial charge in [0.15, 0.2) is 6.61 Å². The van der Waals surface area contributed by atoms with Gasteiger partial charge in [0.2, 0.25) is 0 Å². The number of carboxylic acids is 1. The molecule has 5 nitrogen and oxygen atoms in total. The van der Waals surface area contributed by atoms with Crippen molar-refractivity contribution in [3.63, 3.8) is 0 Å². The number of benzene rings is 1. The summed E-state index contributed by atoms with van der Waals surface area (Å²) in [5.74, 6) is -0.867. The Morgan fingerprint density at radius 2 is 1.90 bits per heavy atom. The zero-order valence-corrected chi connectivity index (χ0v) is 13.2. The van der Waals surface area contributed by atoms with Crippen molar-refractivity contribution in [3.8, 4) is 5.75 Å². The summed E-state index contributed by atoms with van der Waals surface area (Å²) in [4.78, 5) is 23.1. The molecule has 1 atom stereocenters. The Kier molecular flexibility index (Phi) is 5.35. The molecule has 0 aliphatic carbocycles. The molecule has 5 heteroatoms. The number of amides is 1. The second-order valence-corrected chi connectivity index (χ2v) is 6.19. The van der Waals surface area contributed by atoms with E-state index in [-0.39, 0.29) is 6.61 Å². The molecule has 2 N–H and O–H groups in total. The maximum Gasteiger partial charge on any atom is 0.326 e. The summed E-state index contributed by atoms with van der Waals surface area (Å²) in [6, 6.07) is 4.65. The van der Waals surface area contributed by atoms with Gasteiger partial charge in [0.25, 0.3) is 5.91 Å². The molecule has 0 aromatic heterocycles. The van der Waals surface area contributed by atoms with Gasteiger partial charge in [-0.2, -0.15) is 0 Å². The standard InChI is InChI=1S/C16H23NO4/c1-10-7-6-8-12(11(10)2)21-9-13(18)17-14(15(19)20)16(3,4)5/h6-8,14H,9H2,1-5H3,(H,17,18)(H,19,20). The Labute approximate surface area is 125 Å². The first kappa shape index (κ1) is 17.0. The van der Waals surface area contributed by atoms with Crippen molar-refractivity contribution < 1.29 is 19.4 Å². The molecule has 0 heterocycles. The van der Waals surface area contributed by atoms with Crippen LogP contribution in [0.1, 0.15) is 31.9 Å². The van der Waals surface area contributed by atoms with Crippen LogP contribution < -0.4 is 10.1 Å². The predicted molar refractivity (Wildman–Crippen MR) is 80.4 cm³/mol. The molecule has 0 aliphatic heterocycles. The fourth-order valence-electron chi connectivity index (χ4n) is 1.88. The van der Waals surface area contributed by atoms with Crippen LogP contribution in [-0.2, 0) is 9.59 Å². The molecule has 0 spiro atoms. The fourth-order valence-corrected chi connectivity index (χ4v) is 1.88. The van der Waals surface area contributed by atoms with Crippen LogP contribution in [-0.4, -0.2) is 29.6 Å². The lowest BCUT2D eigenvalue weighted by molar-refractivity contribution is -0.145. The maximum atomic E-state index is 11.9. The zero-order chi connectivity index (χ0) is 16.2. The van der Waals surface area contributed by atoms with E-state index in [1.165, 1.54) is 0 Å². The first-order valence-corrected chi connectivity index (χ1v) is 6.84. The quantitative estimate of drug-likeness (QED) is 0.873. The average molecular weight is 293 g/mol. The summed E-state index contributed by atoms with van der Waals surface area (Å²) in [7, 11) is 0. The van der Waals surface area contributed by atoms with Gasteiger partial charge in [-0.25, -0.2) is 4.79 Å². The lowest BCUT2D eigenvalue weighted by Crippen LogP contribution is -2.50. The second kappa shape index (κ2) is 6.61. The third-order valence-electron chi connectivity index (χ3n) is 3.33. The molecule has 1 amide bonds. The van der Waals surface area contributed by atoms with E-state index in [1.54, 1.807) is 26.8 Å². The van der Waals surface area contributed by atoms with Crippen molar-refractivity contribution in [1.29, 1.82) is 0 Å². The van der Waals surface area contributed by atoms with E-state index >= 15 is 0 Å². The van der Waals surface area contributed by atoms with Gasteiger partial charge in [0.1, 0.15) is 11.8 Å². The van der Waals surface area contributed by atoms with Gasteiger partial charge in [-0.1, -0.05) is 32.9 Å². The summed E-state index contributed by atoms with van der Waals surface area (Å²) < 4.78 is 5.47. The van der Waals surface area contributed by atoms with Gasteiger partial charge in [0.05, 0.1) is 0 Å². The maximum absolute atomic E-state index is 11.9. The van der Waals surface area contributed by atoms with Crippen LogP contribution in [0.2, 0.25) is 0 Å². The number of aryl methyl sites for hydroxylation is 1. The summed E-state index contributed by atoms with van der Waals surface area (Å²) >= 11 is 0. The van der Waals surface area contributed by atoms with E-state index < -0.39 is 23.3 Å². The van der Waals surface area contributed by atoms with Crippen molar-refractivity contribution in [2.24, 2.45) is 5.41 Å². The largest absolute Gasteiger partial charge is 0.483 e. The lowest BCUT2D eigenvalue weighted by atomic mass is 9.87. The average Bonchev–Trinajstić information content (AvgIpc) is 2.36. The van der Waals surface area contributed by atoms with Gasteiger partial charge >= 0.3 is 5.97 Å². The fraction of sp³-hybridized carbons (Fsp3) is 0.500. The van der Waals surface area contributed by atoms with Gasteiger partial charge in [0, 0.05) is 0 Å². The molecule has 0 aliphatic rings. The number of carbonyl (C=O) groups is 2. The Hall–Kier alpha value is -2.04. The molecule has 116 valence electrons. The molecule has 1 unspecified atom stereocenters. The molecule has 0 fully saturated rings. The van der Waals surface area contributed by atoms with E-state index in [4.69, 9.17) is 9.84 Å². The second-order valence-electron chi connectivity index (χ2n) is 6.19. The molecular formula is C16H23NO4. The highest BCUT2D eigenvalue weighted by Gasteiger charge is 2.32. The Morgan fingerprint density at radius 3 is 2.43 bits per heavy atom. The first-order chi connectivity index (χ1) is 9.62. The number of rotatable bonds is 5. The minimum Gasteiger partial charge on any atom is -0.483 e. The summed E-state index contributed by atoms with van der Waals surface area (Å²) in [6.45, 7) is 8.96. The smallest absolute Gasteiger partial charge is 0.326 e. The van der Waals surface area contributed by atoms with Gasteiger partial charge in [-0.05, 0) is 36.5 Å². The Bertz CT molecular complexity index is 532. The molecule has 0 bridgehead atoms. The molecular weight excluding hydrogens is 270 g/mol. The number of hydrogen-bond acceptors (Lipinski definition) is 3. The molecule has 1 aromatic carbocycles. The number of aliphatic carboxylic acids is 1. The van der Waals surface area contributed by atoms with E-state index in [9.17, 15) is 9.59 Å². The molecule has 0 saturated carbocycles. The van der Waals surface area contributed by atoms with Crippen LogP contribution in [0.3, 0.4) is 0 Å². The summed E-state index contributed by atoms with van der Waals surface area (Å²) in [6.07, 6.45) is 0. The number of carbonyl (C=O) groups excluding carboxylic acids is 1. The van der Waals surface area contributed by atoms with Crippen molar-refractivity contribution in [3.05, 3.63) is 29.3 Å². The molecule has 0 saturated heterocycles. The monoisotopic (exact) mass is 293 g/mol. The number of carboxylic acid groups (broad SMARTS) is 1. The molecule has 21 heavy (non-hydrogen) atoms. The Balaban J connectivity index is 2.66. The summed E-state index contributed by atoms with van der Waals surface area (Å²) in [5.41, 5.74) is 1.47. The van der Waals surface area contributed by atoms with Crippen molar-refractivity contribution in [2.75, 3.05) is 6.61 Å². The van der Waals surface area contributed by atoms with Crippen LogP contribution in [0.15, 0.2) is 18.2 Å². The van der Waals surface area contributed by atoms with Gasteiger partial charge in [-0.3, -0.25) is 4.79 Å². The van der Waals surface area contributed by atoms with Crippen LogP contribution in [0.5, 0.6) is 5.75 Å². The van der Waals surface area contributed by atoms with Crippen LogP contribution >= 0.6 is 0 Å². The van der Waals surface area contributed by atoms with E-state index in [1.807, 2.05) is 26.0 Å². The lowest BCUT2D eigenvalue weighted by Gasteiger charge is -2.27. The Morgan fingerprint density at radius 1 is 1.29 bits per heavy atom. The highest BCUT2D eigenvalue weighted by molar-refractivity contribution is 5.84. The van der Waals surface area contributed by atoms with E-state index in [2.05, 4.69) is 5.32 Å². The molecule has 1 aromatic rings. The topological polar surface area (TPSA) is 75.6 Å². The van der Waals surface area contributed by atoms with E-state index in [0.717, 1.165) is 11.1 Å². The predicted octanol–water partition coefficient (Wildman–Crippen LogP) is 2.30. The third kappa shape index (κ3) is 4.77. The summed E-state index contributed by atoms with van der Waals surface area (Å²) in [5, 5.41) is 11.7. The number of hydrogen-bond donors (Lipinski definition) is 2. The van der Waals surface area contributed by atoms with Crippen molar-refractivity contribution >= 4 is 11.9 Å². The normalized spacial score (nSPS) is 12.6. The van der Waals surface area contributed by atoms with Crippen LogP contribution in [0.4, 0.5) is 0 Å². The van der Waals surface area contributed by atoms with Crippen LogP contribution in [0, 0.1) is 19.3 Å². The minimum atomic E-state index is -1.05. The van der Waals surface area contributed by atoms with Gasteiger partial charge in [-0.15, -0.1) is 0 Å².